The fourth-order valence-corrected chi connectivity index (χ4v) is 2.50. The fourth-order valence-electron chi connectivity index (χ4n) is 2.34. The zero-order valence-corrected chi connectivity index (χ0v) is 16.0. The van der Waals surface area contributed by atoms with Crippen LogP contribution in [0.25, 0.3) is 0 Å². The lowest BCUT2D eigenvalue weighted by Gasteiger charge is -2.14. The van der Waals surface area contributed by atoms with E-state index in [-0.39, 0.29) is 5.96 Å². The summed E-state index contributed by atoms with van der Waals surface area (Å²) in [6.07, 6.45) is 0. The van der Waals surface area contributed by atoms with Gasteiger partial charge in [0.25, 0.3) is 0 Å². The van der Waals surface area contributed by atoms with Crippen molar-refractivity contribution in [1.29, 1.82) is 0 Å². The lowest BCUT2D eigenvalue weighted by atomic mass is 10.2. The van der Waals surface area contributed by atoms with Gasteiger partial charge >= 0.3 is 0 Å². The van der Waals surface area contributed by atoms with Crippen LogP contribution in [0.5, 0.6) is 17.2 Å². The summed E-state index contributed by atoms with van der Waals surface area (Å²) in [4.78, 5) is 4.37. The van der Waals surface area contributed by atoms with Gasteiger partial charge in [-0.15, -0.1) is 0 Å². The lowest BCUT2D eigenvalue weighted by molar-refractivity contribution is 0.332. The maximum absolute atomic E-state index is 6.04. The highest BCUT2D eigenvalue weighted by Gasteiger charge is 2.08. The van der Waals surface area contributed by atoms with E-state index in [2.05, 4.69) is 10.3 Å². The minimum atomic E-state index is 0.261. The Labute approximate surface area is 158 Å². The minimum absolute atomic E-state index is 0.261. The summed E-state index contributed by atoms with van der Waals surface area (Å²) in [5.74, 6) is 2.34. The van der Waals surface area contributed by atoms with Gasteiger partial charge < -0.3 is 25.3 Å². The van der Waals surface area contributed by atoms with Crippen molar-refractivity contribution in [3.63, 3.8) is 0 Å². The number of nitrogens with one attached hydrogen (secondary N) is 1. The second kappa shape index (κ2) is 9.77. The van der Waals surface area contributed by atoms with E-state index in [1.807, 2.05) is 38.1 Å². The number of benzene rings is 2. The van der Waals surface area contributed by atoms with Crippen molar-refractivity contribution in [3.05, 3.63) is 47.0 Å². The number of halogens is 1. The van der Waals surface area contributed by atoms with Gasteiger partial charge in [-0.3, -0.25) is 0 Å². The average molecular weight is 378 g/mol. The average Bonchev–Trinajstić information content (AvgIpc) is 2.63. The molecule has 26 heavy (non-hydrogen) atoms. The smallest absolute Gasteiger partial charge is 0.193 e. The van der Waals surface area contributed by atoms with Gasteiger partial charge in [-0.1, -0.05) is 17.7 Å². The van der Waals surface area contributed by atoms with Gasteiger partial charge in [0, 0.05) is 16.7 Å². The molecule has 0 aromatic heterocycles. The molecule has 2 rings (SSSR count). The zero-order valence-electron chi connectivity index (χ0n) is 15.2. The van der Waals surface area contributed by atoms with Gasteiger partial charge in [-0.25, -0.2) is 4.99 Å². The first kappa shape index (κ1) is 19.7. The molecule has 0 unspecified atom stereocenters. The quantitative estimate of drug-likeness (QED) is 0.535. The van der Waals surface area contributed by atoms with Gasteiger partial charge in [0.1, 0.15) is 17.2 Å². The molecule has 0 bridgehead atoms. The molecule has 0 aliphatic carbocycles. The molecule has 0 fully saturated rings. The number of aliphatic imine (C=N–C) groups is 1. The SMILES string of the molecule is CCOc1ccc(OCC)c(NC(N)=NCc2ccc(Cl)cc2OC)c1. The van der Waals surface area contributed by atoms with E-state index < -0.39 is 0 Å². The Balaban J connectivity index is 2.16. The van der Waals surface area contributed by atoms with Gasteiger partial charge in [-0.05, 0) is 38.1 Å². The largest absolute Gasteiger partial charge is 0.496 e. The molecule has 0 spiro atoms. The number of rotatable bonds is 8. The highest BCUT2D eigenvalue weighted by atomic mass is 35.5. The molecule has 3 N–H and O–H groups in total. The first-order valence-corrected chi connectivity index (χ1v) is 8.74. The summed E-state index contributed by atoms with van der Waals surface area (Å²) < 4.78 is 16.5. The van der Waals surface area contributed by atoms with Crippen LogP contribution in [0.3, 0.4) is 0 Å². The van der Waals surface area contributed by atoms with Crippen LogP contribution < -0.4 is 25.3 Å². The molecule has 0 heterocycles. The molecular formula is C19H24ClN3O3. The second-order valence-electron chi connectivity index (χ2n) is 5.31. The van der Waals surface area contributed by atoms with Gasteiger partial charge in [-0.2, -0.15) is 0 Å². The monoisotopic (exact) mass is 377 g/mol. The molecule has 2 aromatic carbocycles. The Bertz CT molecular complexity index is 766. The van der Waals surface area contributed by atoms with Gasteiger partial charge in [0.15, 0.2) is 5.96 Å². The molecule has 6 nitrogen and oxygen atoms in total. The van der Waals surface area contributed by atoms with E-state index >= 15 is 0 Å². The summed E-state index contributed by atoms with van der Waals surface area (Å²) in [5.41, 5.74) is 7.62. The summed E-state index contributed by atoms with van der Waals surface area (Å²) >= 11 is 5.97. The number of ether oxygens (including phenoxy) is 3. The van der Waals surface area contributed by atoms with Gasteiger partial charge in [0.05, 0.1) is 32.6 Å². The Morgan fingerprint density at radius 3 is 2.54 bits per heavy atom. The number of nitrogens with zero attached hydrogens (tertiary/aromatic N) is 1. The van der Waals surface area contributed by atoms with Crippen molar-refractivity contribution in [1.82, 2.24) is 0 Å². The van der Waals surface area contributed by atoms with Crippen molar-refractivity contribution in [3.8, 4) is 17.2 Å². The van der Waals surface area contributed by atoms with Crippen LogP contribution in [-0.2, 0) is 6.54 Å². The highest BCUT2D eigenvalue weighted by Crippen LogP contribution is 2.29. The molecule has 7 heteroatoms. The lowest BCUT2D eigenvalue weighted by Crippen LogP contribution is -2.23. The Morgan fingerprint density at radius 2 is 1.85 bits per heavy atom. The molecule has 0 saturated carbocycles. The summed E-state index contributed by atoms with van der Waals surface area (Å²) in [5, 5.41) is 3.68. The van der Waals surface area contributed by atoms with Crippen LogP contribution in [0.4, 0.5) is 5.69 Å². The highest BCUT2D eigenvalue weighted by molar-refractivity contribution is 6.30. The number of methoxy groups -OCH3 is 1. The van der Waals surface area contributed by atoms with Crippen molar-refractivity contribution in [2.75, 3.05) is 25.6 Å². The van der Waals surface area contributed by atoms with E-state index in [0.717, 1.165) is 11.3 Å². The van der Waals surface area contributed by atoms with Gasteiger partial charge in [0.2, 0.25) is 0 Å². The molecular weight excluding hydrogens is 354 g/mol. The van der Waals surface area contributed by atoms with Crippen LogP contribution in [0.1, 0.15) is 19.4 Å². The van der Waals surface area contributed by atoms with Crippen LogP contribution in [0, 0.1) is 0 Å². The normalized spacial score (nSPS) is 11.2. The fraction of sp³-hybridized carbons (Fsp3) is 0.316. The maximum atomic E-state index is 6.04. The molecule has 140 valence electrons. The van der Waals surface area contributed by atoms with E-state index in [9.17, 15) is 0 Å². The predicted octanol–water partition coefficient (Wildman–Crippen LogP) is 4.07. The number of anilines is 1. The Morgan fingerprint density at radius 1 is 1.08 bits per heavy atom. The van der Waals surface area contributed by atoms with E-state index in [1.54, 1.807) is 19.2 Å². The number of guanidine groups is 1. The summed E-state index contributed by atoms with van der Waals surface area (Å²) in [6, 6.07) is 10.9. The number of hydrogen-bond donors (Lipinski definition) is 2. The topological polar surface area (TPSA) is 78.1 Å². The van der Waals surface area contributed by atoms with Crippen molar-refractivity contribution < 1.29 is 14.2 Å². The number of nitrogens with two attached hydrogens (primary N) is 1. The zero-order chi connectivity index (χ0) is 18.9. The standard InChI is InChI=1S/C19H24ClN3O3/c1-4-25-15-8-9-17(26-5-2)16(11-15)23-19(21)22-12-13-6-7-14(20)10-18(13)24-3/h6-11H,4-5,12H2,1-3H3,(H3,21,22,23). The predicted molar refractivity (Wildman–Crippen MR) is 106 cm³/mol. The molecule has 0 amide bonds. The third kappa shape index (κ3) is 5.46. The Hall–Kier alpha value is -2.60. The van der Waals surface area contributed by atoms with Crippen LogP contribution in [-0.4, -0.2) is 26.3 Å². The summed E-state index contributed by atoms with van der Waals surface area (Å²) in [7, 11) is 1.59. The molecule has 0 atom stereocenters. The molecule has 0 aliphatic heterocycles. The molecule has 0 saturated heterocycles. The van der Waals surface area contributed by atoms with Crippen molar-refractivity contribution in [2.24, 2.45) is 10.7 Å². The van der Waals surface area contributed by atoms with E-state index in [0.29, 0.717) is 42.0 Å². The van der Waals surface area contributed by atoms with Crippen LogP contribution >= 0.6 is 11.6 Å². The first-order chi connectivity index (χ1) is 12.6. The van der Waals surface area contributed by atoms with E-state index in [1.165, 1.54) is 0 Å². The molecule has 2 aromatic rings. The van der Waals surface area contributed by atoms with Crippen LogP contribution in [0.2, 0.25) is 5.02 Å². The maximum Gasteiger partial charge on any atom is 0.193 e. The second-order valence-corrected chi connectivity index (χ2v) is 5.74. The minimum Gasteiger partial charge on any atom is -0.496 e. The molecule has 0 aliphatic rings. The summed E-state index contributed by atoms with van der Waals surface area (Å²) in [6.45, 7) is 5.33. The first-order valence-electron chi connectivity index (χ1n) is 8.36. The van der Waals surface area contributed by atoms with E-state index in [4.69, 9.17) is 31.5 Å². The van der Waals surface area contributed by atoms with Crippen molar-refractivity contribution >= 4 is 23.2 Å². The third-order valence-corrected chi connectivity index (χ3v) is 3.73. The third-order valence-electron chi connectivity index (χ3n) is 3.49. The number of hydrogen-bond acceptors (Lipinski definition) is 4. The van der Waals surface area contributed by atoms with Crippen molar-refractivity contribution in [2.45, 2.75) is 20.4 Å². The van der Waals surface area contributed by atoms with Crippen LogP contribution in [0.15, 0.2) is 41.4 Å². The Kier molecular flexibility index (Phi) is 7.41. The molecule has 0 radical (unpaired) electrons.